The molecule has 22 heavy (non-hydrogen) atoms. The van der Waals surface area contributed by atoms with Crippen LogP contribution in [0.2, 0.25) is 0 Å². The molecule has 6 nitrogen and oxygen atoms in total. The van der Waals surface area contributed by atoms with Gasteiger partial charge in [0.15, 0.2) is 0 Å². The molecule has 124 valence electrons. The predicted molar refractivity (Wildman–Crippen MR) is 83.3 cm³/mol. The summed E-state index contributed by atoms with van der Waals surface area (Å²) < 4.78 is 21.1. The highest BCUT2D eigenvalue weighted by atomic mass is 31.2. The molecule has 0 atom stereocenters. The van der Waals surface area contributed by atoms with Crippen molar-refractivity contribution in [3.8, 4) is 5.75 Å². The summed E-state index contributed by atoms with van der Waals surface area (Å²) in [5.41, 5.74) is 0.492. The Labute approximate surface area is 130 Å². The second-order valence-corrected chi connectivity index (χ2v) is 6.67. The van der Waals surface area contributed by atoms with E-state index in [1.54, 1.807) is 31.2 Å². The largest absolute Gasteiger partial charge is 0.494 e. The Morgan fingerprint density at radius 3 is 2.32 bits per heavy atom. The Hall–Kier alpha value is -1.36. The van der Waals surface area contributed by atoms with Crippen molar-refractivity contribution >= 4 is 13.6 Å². The monoisotopic (exact) mass is 330 g/mol. The molecule has 0 unspecified atom stereocenters. The molecule has 0 amide bonds. The molecular weight excluding hydrogens is 307 g/mol. The third kappa shape index (κ3) is 8.17. The molecule has 7 heteroatoms. The number of hydrogen-bond donors (Lipinski definition) is 2. The Kier molecular flexibility index (Phi) is 8.17. The lowest BCUT2D eigenvalue weighted by atomic mass is 10.2. The summed E-state index contributed by atoms with van der Waals surface area (Å²) in [6, 6.07) is 6.76. The van der Waals surface area contributed by atoms with Gasteiger partial charge in [-0.25, -0.2) is 4.79 Å². The lowest BCUT2D eigenvalue weighted by Gasteiger charge is -2.07. The highest BCUT2D eigenvalue weighted by Gasteiger charge is 2.11. The third-order valence-electron chi connectivity index (χ3n) is 2.98. The van der Waals surface area contributed by atoms with E-state index < -0.39 is 7.60 Å². The molecule has 1 aromatic carbocycles. The highest BCUT2D eigenvalue weighted by Crippen LogP contribution is 2.35. The SMILES string of the molecule is CCOC(=O)c1ccc(OCCCCCCP(=O)(O)O)cc1. The molecule has 0 aliphatic carbocycles. The summed E-state index contributed by atoms with van der Waals surface area (Å²) >= 11 is 0. The average Bonchev–Trinajstić information content (AvgIpc) is 2.46. The van der Waals surface area contributed by atoms with E-state index in [-0.39, 0.29) is 12.1 Å². The minimum atomic E-state index is -3.86. The normalized spacial score (nSPS) is 11.2. The summed E-state index contributed by atoms with van der Waals surface area (Å²) in [6.45, 7) is 2.64. The lowest BCUT2D eigenvalue weighted by molar-refractivity contribution is 0.0526. The standard InChI is InChI=1S/C15H23O6P/c1-2-20-15(16)13-7-9-14(10-8-13)21-11-5-3-4-6-12-22(17,18)19/h7-10H,2-6,11-12H2,1H3,(H2,17,18,19). The fraction of sp³-hybridized carbons (Fsp3) is 0.533. The maximum atomic E-state index is 11.5. The zero-order valence-electron chi connectivity index (χ0n) is 12.7. The molecule has 0 saturated heterocycles. The van der Waals surface area contributed by atoms with Crippen molar-refractivity contribution in [1.82, 2.24) is 0 Å². The van der Waals surface area contributed by atoms with Crippen LogP contribution in [0, 0.1) is 0 Å². The van der Waals surface area contributed by atoms with Crippen molar-refractivity contribution in [3.05, 3.63) is 29.8 Å². The lowest BCUT2D eigenvalue weighted by Crippen LogP contribution is -2.04. The van der Waals surface area contributed by atoms with Crippen LogP contribution < -0.4 is 4.74 Å². The van der Waals surface area contributed by atoms with Gasteiger partial charge in [0.05, 0.1) is 18.8 Å². The van der Waals surface area contributed by atoms with Gasteiger partial charge in [0.2, 0.25) is 0 Å². The zero-order chi connectivity index (χ0) is 16.4. The summed E-state index contributed by atoms with van der Waals surface area (Å²) in [5, 5.41) is 0. The molecule has 0 saturated carbocycles. The molecule has 0 spiro atoms. The van der Waals surface area contributed by atoms with Crippen molar-refractivity contribution in [3.63, 3.8) is 0 Å². The number of carbonyl (C=O) groups excluding carboxylic acids is 1. The number of unbranched alkanes of at least 4 members (excludes halogenated alkanes) is 3. The Balaban J connectivity index is 2.17. The average molecular weight is 330 g/mol. The molecule has 0 fully saturated rings. The maximum absolute atomic E-state index is 11.5. The Bertz CT molecular complexity index is 493. The molecule has 0 radical (unpaired) electrons. The first-order chi connectivity index (χ1) is 10.4. The van der Waals surface area contributed by atoms with Crippen LogP contribution in [0.25, 0.3) is 0 Å². The van der Waals surface area contributed by atoms with Crippen LogP contribution in [0.15, 0.2) is 24.3 Å². The smallest absolute Gasteiger partial charge is 0.338 e. The van der Waals surface area contributed by atoms with Gasteiger partial charge in [-0.15, -0.1) is 0 Å². The first-order valence-corrected chi connectivity index (χ1v) is 9.16. The van der Waals surface area contributed by atoms with E-state index in [1.165, 1.54) is 0 Å². The number of hydrogen-bond acceptors (Lipinski definition) is 4. The Morgan fingerprint density at radius 2 is 1.73 bits per heavy atom. The van der Waals surface area contributed by atoms with E-state index in [0.29, 0.717) is 30.9 Å². The van der Waals surface area contributed by atoms with Crippen LogP contribution in [-0.4, -0.2) is 35.1 Å². The van der Waals surface area contributed by atoms with Gasteiger partial charge >= 0.3 is 13.6 Å². The van der Waals surface area contributed by atoms with Crippen LogP contribution in [0.3, 0.4) is 0 Å². The number of benzene rings is 1. The summed E-state index contributed by atoms with van der Waals surface area (Å²) in [5.74, 6) is 0.336. The van der Waals surface area contributed by atoms with Crippen molar-refractivity contribution < 1.29 is 28.6 Å². The first-order valence-electron chi connectivity index (χ1n) is 7.37. The first kappa shape index (κ1) is 18.7. The second kappa shape index (κ2) is 9.62. The Morgan fingerprint density at radius 1 is 1.09 bits per heavy atom. The van der Waals surface area contributed by atoms with Crippen molar-refractivity contribution in [2.24, 2.45) is 0 Å². The molecule has 0 aromatic heterocycles. The van der Waals surface area contributed by atoms with Crippen LogP contribution in [0.4, 0.5) is 0 Å². The fourth-order valence-corrected chi connectivity index (χ4v) is 2.50. The van der Waals surface area contributed by atoms with Crippen molar-refractivity contribution in [2.75, 3.05) is 19.4 Å². The van der Waals surface area contributed by atoms with Gasteiger partial charge in [0.25, 0.3) is 0 Å². The maximum Gasteiger partial charge on any atom is 0.338 e. The summed E-state index contributed by atoms with van der Waals surface area (Å²) in [4.78, 5) is 28.9. The van der Waals surface area contributed by atoms with Gasteiger partial charge in [-0.05, 0) is 44.0 Å². The van der Waals surface area contributed by atoms with E-state index in [2.05, 4.69) is 0 Å². The number of rotatable bonds is 10. The van der Waals surface area contributed by atoms with E-state index in [0.717, 1.165) is 19.3 Å². The summed E-state index contributed by atoms with van der Waals surface area (Å²) in [7, 11) is -3.86. The molecule has 0 heterocycles. The van der Waals surface area contributed by atoms with Gasteiger partial charge in [0.1, 0.15) is 5.75 Å². The molecule has 1 rings (SSSR count). The quantitative estimate of drug-likeness (QED) is 0.389. The van der Waals surface area contributed by atoms with Crippen LogP contribution in [0.5, 0.6) is 5.75 Å². The van der Waals surface area contributed by atoms with Crippen LogP contribution in [-0.2, 0) is 9.30 Å². The minimum Gasteiger partial charge on any atom is -0.494 e. The number of carbonyl (C=O) groups is 1. The third-order valence-corrected chi connectivity index (χ3v) is 3.88. The van der Waals surface area contributed by atoms with Gasteiger partial charge in [-0.2, -0.15) is 0 Å². The molecule has 0 aliphatic rings. The summed E-state index contributed by atoms with van der Waals surface area (Å²) in [6.07, 6.45) is 2.93. The highest BCUT2D eigenvalue weighted by molar-refractivity contribution is 7.51. The van der Waals surface area contributed by atoms with Gasteiger partial charge in [-0.3, -0.25) is 4.57 Å². The van der Waals surface area contributed by atoms with Gasteiger partial charge < -0.3 is 19.3 Å². The fourth-order valence-electron chi connectivity index (χ4n) is 1.87. The van der Waals surface area contributed by atoms with E-state index in [1.807, 2.05) is 0 Å². The van der Waals surface area contributed by atoms with Crippen molar-refractivity contribution in [2.45, 2.75) is 32.6 Å². The molecular formula is C15H23O6P. The van der Waals surface area contributed by atoms with E-state index >= 15 is 0 Å². The molecule has 0 aliphatic heterocycles. The minimum absolute atomic E-state index is 0.0524. The van der Waals surface area contributed by atoms with Crippen LogP contribution in [0.1, 0.15) is 43.0 Å². The topological polar surface area (TPSA) is 93.1 Å². The zero-order valence-corrected chi connectivity index (χ0v) is 13.6. The van der Waals surface area contributed by atoms with Gasteiger partial charge in [0, 0.05) is 6.16 Å². The number of esters is 1. The van der Waals surface area contributed by atoms with Crippen molar-refractivity contribution in [1.29, 1.82) is 0 Å². The predicted octanol–water partition coefficient (Wildman–Crippen LogP) is 2.98. The van der Waals surface area contributed by atoms with E-state index in [9.17, 15) is 9.36 Å². The molecule has 0 bridgehead atoms. The molecule has 1 aromatic rings. The van der Waals surface area contributed by atoms with Gasteiger partial charge in [-0.1, -0.05) is 12.8 Å². The van der Waals surface area contributed by atoms with E-state index in [4.69, 9.17) is 19.3 Å². The second-order valence-electron chi connectivity index (χ2n) is 4.90. The van der Waals surface area contributed by atoms with Crippen LogP contribution >= 0.6 is 7.60 Å². The molecule has 2 N–H and O–H groups in total. The number of ether oxygens (including phenoxy) is 2.